The summed E-state index contributed by atoms with van der Waals surface area (Å²) in [6, 6.07) is 11.8. The van der Waals surface area contributed by atoms with Gasteiger partial charge >= 0.3 is 0 Å². The summed E-state index contributed by atoms with van der Waals surface area (Å²) in [5, 5.41) is 21.3. The second kappa shape index (κ2) is 12.2. The van der Waals surface area contributed by atoms with Gasteiger partial charge in [-0.3, -0.25) is 4.90 Å². The maximum absolute atomic E-state index is 10.7. The fourth-order valence-corrected chi connectivity index (χ4v) is 3.20. The van der Waals surface area contributed by atoms with Crippen molar-refractivity contribution in [2.24, 2.45) is 4.99 Å². The summed E-state index contributed by atoms with van der Waals surface area (Å²) in [6.45, 7) is 9.07. The number of guanidine groups is 1. The molecule has 2 aromatic rings. The van der Waals surface area contributed by atoms with Gasteiger partial charge in [0.2, 0.25) is 0 Å². The van der Waals surface area contributed by atoms with Crippen molar-refractivity contribution in [2.75, 3.05) is 45.9 Å². The number of aliphatic hydroxyl groups is 1. The van der Waals surface area contributed by atoms with Crippen LogP contribution in [0.2, 0.25) is 0 Å². The normalized spacial score (nSPS) is 17.1. The van der Waals surface area contributed by atoms with Gasteiger partial charge in [0.1, 0.15) is 5.69 Å². The highest BCUT2D eigenvalue weighted by molar-refractivity contribution is 14.0. The van der Waals surface area contributed by atoms with Crippen molar-refractivity contribution in [3.63, 3.8) is 0 Å². The van der Waals surface area contributed by atoms with Crippen molar-refractivity contribution in [1.29, 1.82) is 0 Å². The lowest BCUT2D eigenvalue weighted by molar-refractivity contribution is -0.0201. The Kier molecular flexibility index (Phi) is 10.0. The Bertz CT molecular complexity index is 776. The molecule has 8 nitrogen and oxygen atoms in total. The lowest BCUT2D eigenvalue weighted by Crippen LogP contribution is -2.52. The summed E-state index contributed by atoms with van der Waals surface area (Å²) in [5.74, 6) is 1.36. The van der Waals surface area contributed by atoms with Crippen LogP contribution in [0.1, 0.15) is 19.5 Å². The van der Waals surface area contributed by atoms with Gasteiger partial charge in [-0.2, -0.15) is 0 Å². The molecule has 1 aromatic heterocycles. The Balaban J connectivity index is 0.00000320. The first-order valence-electron chi connectivity index (χ1n) is 10.1. The van der Waals surface area contributed by atoms with E-state index in [0.717, 1.165) is 49.9 Å². The third kappa shape index (κ3) is 7.86. The minimum absolute atomic E-state index is 0. The number of nitrogens with one attached hydrogen (secondary N) is 2. The Labute approximate surface area is 195 Å². The number of ether oxygens (including phenoxy) is 1. The van der Waals surface area contributed by atoms with E-state index >= 15 is 0 Å². The number of nitrogens with zero attached hydrogens (tertiary/aromatic N) is 3. The molecule has 166 valence electrons. The molecule has 1 fully saturated rings. The number of aliphatic imine (C=N–C) groups is 1. The number of morpholine rings is 1. The summed E-state index contributed by atoms with van der Waals surface area (Å²) in [5.41, 5.74) is 0.864. The molecular formula is C21H32IN5O3. The summed E-state index contributed by atoms with van der Waals surface area (Å²) >= 11 is 0. The zero-order valence-corrected chi connectivity index (χ0v) is 20.0. The van der Waals surface area contributed by atoms with Gasteiger partial charge in [-0.1, -0.05) is 35.5 Å². The van der Waals surface area contributed by atoms with E-state index in [1.165, 1.54) is 0 Å². The summed E-state index contributed by atoms with van der Waals surface area (Å²) in [7, 11) is 0. The largest absolute Gasteiger partial charge is 0.387 e. The van der Waals surface area contributed by atoms with E-state index in [1.54, 1.807) is 0 Å². The first-order chi connectivity index (χ1) is 14.1. The van der Waals surface area contributed by atoms with Crippen molar-refractivity contribution in [3.8, 4) is 11.3 Å². The highest BCUT2D eigenvalue weighted by Gasteiger charge is 2.25. The molecule has 9 heteroatoms. The molecule has 1 saturated heterocycles. The number of hydrogen-bond donors (Lipinski definition) is 3. The van der Waals surface area contributed by atoms with Crippen molar-refractivity contribution in [1.82, 2.24) is 20.7 Å². The average molecular weight is 529 g/mol. The molecule has 0 aliphatic carbocycles. The highest BCUT2D eigenvalue weighted by atomic mass is 127. The van der Waals surface area contributed by atoms with Crippen LogP contribution in [0.5, 0.6) is 0 Å². The number of β-amino-alcohol motifs (C(OH)–C–C–N with tert-alkyl or cyclic N) is 1. The number of halogens is 1. The topological polar surface area (TPSA) is 95.2 Å². The van der Waals surface area contributed by atoms with Crippen LogP contribution in [-0.2, 0) is 11.3 Å². The first-order valence-corrected chi connectivity index (χ1v) is 10.1. The quantitative estimate of drug-likeness (QED) is 0.274. The van der Waals surface area contributed by atoms with Crippen LogP contribution in [0.25, 0.3) is 11.3 Å². The Hall–Kier alpha value is -1.69. The Morgan fingerprint density at radius 1 is 1.23 bits per heavy atom. The lowest BCUT2D eigenvalue weighted by Gasteiger charge is -2.34. The average Bonchev–Trinajstić information content (AvgIpc) is 3.20. The number of rotatable bonds is 8. The first kappa shape index (κ1) is 24.6. The van der Waals surface area contributed by atoms with Crippen molar-refractivity contribution in [3.05, 3.63) is 42.1 Å². The van der Waals surface area contributed by atoms with E-state index < -0.39 is 5.60 Å². The third-order valence-electron chi connectivity index (χ3n) is 4.67. The van der Waals surface area contributed by atoms with Gasteiger partial charge in [0.05, 0.1) is 25.4 Å². The van der Waals surface area contributed by atoms with Gasteiger partial charge in [0.25, 0.3) is 0 Å². The number of aromatic nitrogens is 1. The minimum atomic E-state index is -0.873. The van der Waals surface area contributed by atoms with Gasteiger partial charge in [0.15, 0.2) is 11.7 Å². The molecule has 1 aliphatic heterocycles. The molecule has 3 rings (SSSR count). The van der Waals surface area contributed by atoms with Crippen LogP contribution in [0.4, 0.5) is 0 Å². The molecular weight excluding hydrogens is 497 g/mol. The van der Waals surface area contributed by atoms with Gasteiger partial charge in [-0.15, -0.1) is 24.0 Å². The fraction of sp³-hybridized carbons (Fsp3) is 0.524. The molecule has 30 heavy (non-hydrogen) atoms. The van der Waals surface area contributed by atoms with Crippen LogP contribution >= 0.6 is 24.0 Å². The zero-order valence-electron chi connectivity index (χ0n) is 17.6. The van der Waals surface area contributed by atoms with E-state index in [2.05, 4.69) is 25.7 Å². The smallest absolute Gasteiger partial charge is 0.191 e. The third-order valence-corrected chi connectivity index (χ3v) is 4.67. The molecule has 1 unspecified atom stereocenters. The minimum Gasteiger partial charge on any atom is -0.387 e. The molecule has 3 N–H and O–H groups in total. The number of benzene rings is 1. The second-order valence-electron chi connectivity index (χ2n) is 7.48. The molecule has 0 saturated carbocycles. The monoisotopic (exact) mass is 529 g/mol. The molecule has 0 spiro atoms. The predicted octanol–water partition coefficient (Wildman–Crippen LogP) is 2.10. The molecule has 0 radical (unpaired) electrons. The highest BCUT2D eigenvalue weighted by Crippen LogP contribution is 2.19. The summed E-state index contributed by atoms with van der Waals surface area (Å²) in [6.07, 6.45) is 0. The van der Waals surface area contributed by atoms with Gasteiger partial charge < -0.3 is 25.0 Å². The van der Waals surface area contributed by atoms with E-state index in [4.69, 9.17) is 9.26 Å². The van der Waals surface area contributed by atoms with Crippen molar-refractivity contribution >= 4 is 29.9 Å². The molecule has 1 aliphatic rings. The SMILES string of the molecule is CCNC(=NCc1cc(-c2ccccc2)on1)NCC(C)(O)CN1CCOCC1.I. The van der Waals surface area contributed by atoms with Crippen LogP contribution in [-0.4, -0.2) is 72.7 Å². The van der Waals surface area contributed by atoms with E-state index in [0.29, 0.717) is 25.6 Å². The standard InChI is InChI=1S/C21H31N5O3.HI/c1-3-22-20(24-15-21(2,27)16-26-9-11-28-12-10-26)23-14-18-13-19(29-25-18)17-7-5-4-6-8-17;/h4-8,13,27H,3,9-12,14-16H2,1-2H3,(H2,22,23,24);1H. The Morgan fingerprint density at radius 2 is 1.97 bits per heavy atom. The Morgan fingerprint density at radius 3 is 2.67 bits per heavy atom. The van der Waals surface area contributed by atoms with Gasteiger partial charge in [0, 0.05) is 44.4 Å². The molecule has 1 atom stereocenters. The van der Waals surface area contributed by atoms with Crippen molar-refractivity contribution < 1.29 is 14.4 Å². The van der Waals surface area contributed by atoms with E-state index in [9.17, 15) is 5.11 Å². The summed E-state index contributed by atoms with van der Waals surface area (Å²) < 4.78 is 10.8. The van der Waals surface area contributed by atoms with E-state index in [-0.39, 0.29) is 24.0 Å². The summed E-state index contributed by atoms with van der Waals surface area (Å²) in [4.78, 5) is 6.79. The molecule has 0 bridgehead atoms. The predicted molar refractivity (Wildman–Crippen MR) is 128 cm³/mol. The van der Waals surface area contributed by atoms with Crippen LogP contribution < -0.4 is 10.6 Å². The maximum atomic E-state index is 10.7. The van der Waals surface area contributed by atoms with E-state index in [1.807, 2.05) is 50.2 Å². The molecule has 0 amide bonds. The van der Waals surface area contributed by atoms with Crippen molar-refractivity contribution in [2.45, 2.75) is 26.0 Å². The second-order valence-corrected chi connectivity index (χ2v) is 7.48. The van der Waals surface area contributed by atoms with Crippen LogP contribution in [0.15, 0.2) is 45.9 Å². The van der Waals surface area contributed by atoms with Gasteiger partial charge in [-0.25, -0.2) is 4.99 Å². The van der Waals surface area contributed by atoms with Crippen LogP contribution in [0.3, 0.4) is 0 Å². The number of hydrogen-bond acceptors (Lipinski definition) is 6. The fourth-order valence-electron chi connectivity index (χ4n) is 3.20. The van der Waals surface area contributed by atoms with Gasteiger partial charge in [-0.05, 0) is 13.8 Å². The zero-order chi connectivity index (χ0) is 20.5. The maximum Gasteiger partial charge on any atom is 0.191 e. The molecule has 2 heterocycles. The lowest BCUT2D eigenvalue weighted by atomic mass is 10.1. The van der Waals surface area contributed by atoms with Crippen LogP contribution in [0, 0.1) is 0 Å². The molecule has 1 aromatic carbocycles.